The van der Waals surface area contributed by atoms with Gasteiger partial charge in [0.1, 0.15) is 10.7 Å². The molecule has 0 radical (unpaired) electrons. The van der Waals surface area contributed by atoms with Gasteiger partial charge in [-0.2, -0.15) is 0 Å². The maximum atomic E-state index is 13.0. The molecule has 28 heavy (non-hydrogen) atoms. The molecule has 2 aromatic carbocycles. The molecule has 3 aromatic rings. The molecule has 0 saturated heterocycles. The summed E-state index contributed by atoms with van der Waals surface area (Å²) in [7, 11) is 1.28. The highest BCUT2D eigenvalue weighted by Gasteiger charge is 2.16. The van der Waals surface area contributed by atoms with Crippen LogP contribution in [0.15, 0.2) is 48.5 Å². The van der Waals surface area contributed by atoms with Gasteiger partial charge in [-0.25, -0.2) is 14.2 Å². The van der Waals surface area contributed by atoms with Gasteiger partial charge >= 0.3 is 6.09 Å². The first kappa shape index (κ1) is 19.5. The fourth-order valence-electron chi connectivity index (χ4n) is 2.51. The van der Waals surface area contributed by atoms with Gasteiger partial charge in [-0.1, -0.05) is 12.1 Å². The number of methoxy groups -OCH3 is 1. The van der Waals surface area contributed by atoms with Crippen molar-refractivity contribution in [1.29, 1.82) is 0 Å². The summed E-state index contributed by atoms with van der Waals surface area (Å²) < 4.78 is 17.5. The zero-order chi connectivity index (χ0) is 20.1. The van der Waals surface area contributed by atoms with Gasteiger partial charge in [-0.05, 0) is 48.9 Å². The molecule has 0 bridgehead atoms. The van der Waals surface area contributed by atoms with E-state index in [1.54, 1.807) is 43.3 Å². The standard InChI is InChI=1S/C20H18FN3O3S/c1-12-18(28-17(22-12)11-13-3-5-14(21)6-4-13)19(25)23-15-7-9-16(10-8-15)24-20(26)27-2/h3-10H,11H2,1-2H3,(H,23,25)(H,24,26). The highest BCUT2D eigenvalue weighted by atomic mass is 32.1. The fraction of sp³-hybridized carbons (Fsp3) is 0.150. The quantitative estimate of drug-likeness (QED) is 0.656. The van der Waals surface area contributed by atoms with Gasteiger partial charge in [-0.3, -0.25) is 10.1 Å². The zero-order valence-corrected chi connectivity index (χ0v) is 16.1. The monoisotopic (exact) mass is 399 g/mol. The van der Waals surface area contributed by atoms with E-state index in [0.717, 1.165) is 10.6 Å². The largest absolute Gasteiger partial charge is 0.453 e. The molecule has 2 amide bonds. The van der Waals surface area contributed by atoms with Crippen molar-refractivity contribution >= 4 is 34.7 Å². The molecule has 0 atom stereocenters. The molecule has 0 saturated carbocycles. The third kappa shape index (κ3) is 4.92. The molecule has 3 rings (SSSR count). The molecule has 8 heteroatoms. The van der Waals surface area contributed by atoms with Crippen LogP contribution in [0, 0.1) is 12.7 Å². The normalized spacial score (nSPS) is 10.4. The highest BCUT2D eigenvalue weighted by Crippen LogP contribution is 2.23. The highest BCUT2D eigenvalue weighted by molar-refractivity contribution is 7.14. The smallest absolute Gasteiger partial charge is 0.411 e. The first-order valence-corrected chi connectivity index (χ1v) is 9.23. The first-order chi connectivity index (χ1) is 13.4. The summed E-state index contributed by atoms with van der Waals surface area (Å²) in [5, 5.41) is 6.14. The van der Waals surface area contributed by atoms with Crippen LogP contribution in [0.2, 0.25) is 0 Å². The third-order valence-electron chi connectivity index (χ3n) is 3.89. The predicted molar refractivity (Wildman–Crippen MR) is 106 cm³/mol. The Kier molecular flexibility index (Phi) is 6.00. The summed E-state index contributed by atoms with van der Waals surface area (Å²) in [4.78, 5) is 28.7. The van der Waals surface area contributed by atoms with Crippen molar-refractivity contribution in [3.05, 3.63) is 75.5 Å². The Morgan fingerprint density at radius 3 is 2.25 bits per heavy atom. The van der Waals surface area contributed by atoms with Crippen molar-refractivity contribution in [1.82, 2.24) is 4.98 Å². The molecule has 0 aliphatic carbocycles. The zero-order valence-electron chi connectivity index (χ0n) is 15.3. The molecule has 1 heterocycles. The molecule has 0 aliphatic rings. The van der Waals surface area contributed by atoms with E-state index < -0.39 is 6.09 Å². The maximum absolute atomic E-state index is 13.0. The van der Waals surface area contributed by atoms with E-state index in [0.29, 0.717) is 28.4 Å². The van der Waals surface area contributed by atoms with E-state index in [1.165, 1.54) is 30.6 Å². The van der Waals surface area contributed by atoms with Crippen LogP contribution >= 0.6 is 11.3 Å². The van der Waals surface area contributed by atoms with Crippen LogP contribution in [-0.4, -0.2) is 24.1 Å². The summed E-state index contributed by atoms with van der Waals surface area (Å²) in [6.45, 7) is 1.78. The number of hydrogen-bond donors (Lipinski definition) is 2. The van der Waals surface area contributed by atoms with E-state index in [9.17, 15) is 14.0 Å². The number of aromatic nitrogens is 1. The number of rotatable bonds is 5. The third-order valence-corrected chi connectivity index (χ3v) is 5.05. The van der Waals surface area contributed by atoms with Gasteiger partial charge in [0.2, 0.25) is 0 Å². The van der Waals surface area contributed by atoms with E-state index in [-0.39, 0.29) is 11.7 Å². The number of ether oxygens (including phenoxy) is 1. The van der Waals surface area contributed by atoms with Gasteiger partial charge in [0.05, 0.1) is 17.8 Å². The molecule has 0 spiro atoms. The molecular weight excluding hydrogens is 381 g/mol. The van der Waals surface area contributed by atoms with E-state index in [2.05, 4.69) is 20.4 Å². The lowest BCUT2D eigenvalue weighted by Crippen LogP contribution is -2.12. The minimum atomic E-state index is -0.564. The van der Waals surface area contributed by atoms with Crippen LogP contribution in [0.25, 0.3) is 0 Å². The Morgan fingerprint density at radius 2 is 1.64 bits per heavy atom. The van der Waals surface area contributed by atoms with Crippen molar-refractivity contribution in [3.8, 4) is 0 Å². The number of amides is 2. The summed E-state index contributed by atoms with van der Waals surface area (Å²) >= 11 is 1.31. The maximum Gasteiger partial charge on any atom is 0.411 e. The minimum Gasteiger partial charge on any atom is -0.453 e. The number of carbonyl (C=O) groups excluding carboxylic acids is 2. The molecular formula is C20H18FN3O3S. The minimum absolute atomic E-state index is 0.256. The summed E-state index contributed by atoms with van der Waals surface area (Å²) in [6.07, 6.45) is -0.0294. The molecule has 0 unspecified atom stereocenters. The van der Waals surface area contributed by atoms with Crippen LogP contribution < -0.4 is 10.6 Å². The SMILES string of the molecule is COC(=O)Nc1ccc(NC(=O)c2sc(Cc3ccc(F)cc3)nc2C)cc1. The lowest BCUT2D eigenvalue weighted by atomic mass is 10.1. The number of anilines is 2. The topological polar surface area (TPSA) is 80.3 Å². The molecule has 0 aliphatic heterocycles. The second-order valence-corrected chi connectivity index (χ2v) is 7.06. The van der Waals surface area contributed by atoms with Gasteiger partial charge in [-0.15, -0.1) is 11.3 Å². The Hall–Kier alpha value is -3.26. The van der Waals surface area contributed by atoms with Gasteiger partial charge < -0.3 is 10.1 Å². The molecule has 2 N–H and O–H groups in total. The molecule has 6 nitrogen and oxygen atoms in total. The number of aryl methyl sites for hydroxylation is 1. The summed E-state index contributed by atoms with van der Waals surface area (Å²) in [6, 6.07) is 12.9. The van der Waals surface area contributed by atoms with E-state index >= 15 is 0 Å². The summed E-state index contributed by atoms with van der Waals surface area (Å²) in [5.41, 5.74) is 2.72. The Bertz CT molecular complexity index is 985. The summed E-state index contributed by atoms with van der Waals surface area (Å²) in [5.74, 6) is -0.541. The van der Waals surface area contributed by atoms with Crippen molar-refractivity contribution in [2.45, 2.75) is 13.3 Å². The average Bonchev–Trinajstić information content (AvgIpc) is 3.05. The van der Waals surface area contributed by atoms with Gasteiger partial charge in [0.25, 0.3) is 5.91 Å². The fourth-order valence-corrected chi connectivity index (χ4v) is 3.50. The van der Waals surface area contributed by atoms with Crippen molar-refractivity contribution in [2.24, 2.45) is 0 Å². The molecule has 1 aromatic heterocycles. The number of carbonyl (C=O) groups is 2. The number of benzene rings is 2. The van der Waals surface area contributed by atoms with Crippen molar-refractivity contribution < 1.29 is 18.7 Å². The average molecular weight is 399 g/mol. The molecule has 0 fully saturated rings. The predicted octanol–water partition coefficient (Wildman–Crippen LogP) is 4.61. The number of halogens is 1. The lowest BCUT2D eigenvalue weighted by Gasteiger charge is -2.06. The van der Waals surface area contributed by atoms with Crippen LogP contribution in [0.3, 0.4) is 0 Å². The van der Waals surface area contributed by atoms with Gasteiger partial charge in [0, 0.05) is 17.8 Å². The second-order valence-electron chi connectivity index (χ2n) is 5.97. The van der Waals surface area contributed by atoms with Crippen molar-refractivity contribution in [3.63, 3.8) is 0 Å². The number of nitrogens with zero attached hydrogens (tertiary/aromatic N) is 1. The second kappa shape index (κ2) is 8.62. The van der Waals surface area contributed by atoms with E-state index in [4.69, 9.17) is 0 Å². The van der Waals surface area contributed by atoms with Crippen LogP contribution in [0.5, 0.6) is 0 Å². The number of nitrogens with one attached hydrogen (secondary N) is 2. The van der Waals surface area contributed by atoms with Crippen LogP contribution in [0.4, 0.5) is 20.6 Å². The van der Waals surface area contributed by atoms with Gasteiger partial charge in [0.15, 0.2) is 0 Å². The van der Waals surface area contributed by atoms with Crippen molar-refractivity contribution in [2.75, 3.05) is 17.7 Å². The Labute approximate surface area is 165 Å². The van der Waals surface area contributed by atoms with E-state index in [1.807, 2.05) is 0 Å². The Balaban J connectivity index is 1.66. The number of hydrogen-bond acceptors (Lipinski definition) is 5. The first-order valence-electron chi connectivity index (χ1n) is 8.41. The lowest BCUT2D eigenvalue weighted by molar-refractivity contribution is 0.102. The van der Waals surface area contributed by atoms with Crippen LogP contribution in [0.1, 0.15) is 25.9 Å². The number of thiazole rings is 1. The van der Waals surface area contributed by atoms with Crippen LogP contribution in [-0.2, 0) is 11.2 Å². The Morgan fingerprint density at radius 1 is 1.04 bits per heavy atom. The molecule has 144 valence electrons.